The van der Waals surface area contributed by atoms with Gasteiger partial charge in [-0.1, -0.05) is 18.2 Å². The Kier molecular flexibility index (Phi) is 6.12. The lowest BCUT2D eigenvalue weighted by Crippen LogP contribution is -2.34. The quantitative estimate of drug-likeness (QED) is 0.853. The van der Waals surface area contributed by atoms with Crippen LogP contribution in [0.5, 0.6) is 0 Å². The number of rotatable bonds is 7. The second-order valence-electron chi connectivity index (χ2n) is 5.33. The van der Waals surface area contributed by atoms with E-state index in [1.807, 2.05) is 44.4 Å². The van der Waals surface area contributed by atoms with Crippen LogP contribution in [0.4, 0.5) is 0 Å². The monoisotopic (exact) mass is 318 g/mol. The summed E-state index contributed by atoms with van der Waals surface area (Å²) in [7, 11) is 5.71. The normalized spacial score (nSPS) is 12.4. The number of amides is 1. The van der Waals surface area contributed by atoms with Crippen molar-refractivity contribution in [2.45, 2.75) is 12.6 Å². The zero-order valence-electron chi connectivity index (χ0n) is 13.2. The second kappa shape index (κ2) is 8.08. The van der Waals surface area contributed by atoms with E-state index >= 15 is 0 Å². The fraction of sp³-hybridized carbons (Fsp3) is 0.353. The minimum Gasteiger partial charge on any atom is -0.380 e. The Morgan fingerprint density at radius 3 is 2.55 bits per heavy atom. The van der Waals surface area contributed by atoms with Gasteiger partial charge in [-0.15, -0.1) is 11.3 Å². The van der Waals surface area contributed by atoms with Gasteiger partial charge in [0.15, 0.2) is 0 Å². The average Bonchev–Trinajstić information content (AvgIpc) is 3.02. The van der Waals surface area contributed by atoms with Crippen molar-refractivity contribution in [3.8, 4) is 0 Å². The van der Waals surface area contributed by atoms with E-state index in [1.165, 1.54) is 4.88 Å². The first-order valence-corrected chi connectivity index (χ1v) is 8.05. The van der Waals surface area contributed by atoms with E-state index in [-0.39, 0.29) is 11.9 Å². The summed E-state index contributed by atoms with van der Waals surface area (Å²) in [4.78, 5) is 15.6. The van der Waals surface area contributed by atoms with Gasteiger partial charge in [-0.05, 0) is 43.2 Å². The molecular weight excluding hydrogens is 296 g/mol. The molecule has 22 heavy (non-hydrogen) atoms. The smallest absolute Gasteiger partial charge is 0.251 e. The summed E-state index contributed by atoms with van der Waals surface area (Å²) in [6, 6.07) is 11.8. The Bertz CT molecular complexity index is 579. The molecule has 2 aromatic rings. The molecule has 4 nitrogen and oxygen atoms in total. The summed E-state index contributed by atoms with van der Waals surface area (Å²) in [5.74, 6) is -0.0487. The zero-order chi connectivity index (χ0) is 15.9. The lowest BCUT2D eigenvalue weighted by Gasteiger charge is -2.23. The standard InChI is InChI=1S/C17H22N2O2S/c1-19(2)15(16-5-4-10-22-16)11-18-17(20)14-8-6-13(7-9-14)12-21-3/h4-10,15H,11-12H2,1-3H3,(H,18,20). The maximum Gasteiger partial charge on any atom is 0.251 e. The first-order valence-electron chi connectivity index (χ1n) is 7.17. The fourth-order valence-corrected chi connectivity index (χ4v) is 3.15. The number of nitrogens with zero attached hydrogens (tertiary/aromatic N) is 1. The van der Waals surface area contributed by atoms with Gasteiger partial charge < -0.3 is 15.0 Å². The van der Waals surface area contributed by atoms with Crippen molar-refractivity contribution in [3.63, 3.8) is 0 Å². The number of likely N-dealkylation sites (N-methyl/N-ethyl adjacent to an activating group) is 1. The molecule has 2 rings (SSSR count). The van der Waals surface area contributed by atoms with Gasteiger partial charge in [-0.25, -0.2) is 0 Å². The molecule has 0 bridgehead atoms. The van der Waals surface area contributed by atoms with Gasteiger partial charge in [0.2, 0.25) is 0 Å². The molecule has 0 saturated heterocycles. The second-order valence-corrected chi connectivity index (χ2v) is 6.31. The number of carbonyl (C=O) groups is 1. The highest BCUT2D eigenvalue weighted by Gasteiger charge is 2.16. The first-order chi connectivity index (χ1) is 10.6. The van der Waals surface area contributed by atoms with Crippen LogP contribution in [0.25, 0.3) is 0 Å². The molecule has 0 spiro atoms. The van der Waals surface area contributed by atoms with E-state index in [2.05, 4.69) is 21.7 Å². The van der Waals surface area contributed by atoms with Crippen molar-refractivity contribution in [1.82, 2.24) is 10.2 Å². The number of hydrogen-bond acceptors (Lipinski definition) is 4. The van der Waals surface area contributed by atoms with Crippen LogP contribution >= 0.6 is 11.3 Å². The predicted octanol–water partition coefficient (Wildman–Crippen LogP) is 2.93. The van der Waals surface area contributed by atoms with E-state index in [0.29, 0.717) is 18.7 Å². The Morgan fingerprint density at radius 2 is 2.00 bits per heavy atom. The Hall–Kier alpha value is -1.69. The van der Waals surface area contributed by atoms with Gasteiger partial charge in [-0.2, -0.15) is 0 Å². The summed E-state index contributed by atoms with van der Waals surface area (Å²) in [5.41, 5.74) is 1.73. The summed E-state index contributed by atoms with van der Waals surface area (Å²) in [5, 5.41) is 5.07. The van der Waals surface area contributed by atoms with E-state index in [4.69, 9.17) is 4.74 Å². The van der Waals surface area contributed by atoms with Crippen LogP contribution < -0.4 is 5.32 Å². The molecule has 1 N–H and O–H groups in total. The molecule has 0 radical (unpaired) electrons. The molecule has 1 aromatic carbocycles. The third-order valence-electron chi connectivity index (χ3n) is 3.48. The maximum absolute atomic E-state index is 12.3. The van der Waals surface area contributed by atoms with Gasteiger partial charge >= 0.3 is 0 Å². The first kappa shape index (κ1) is 16.7. The van der Waals surface area contributed by atoms with Crippen LogP contribution in [-0.2, 0) is 11.3 Å². The van der Waals surface area contributed by atoms with Crippen LogP contribution in [0, 0.1) is 0 Å². The van der Waals surface area contributed by atoms with Crippen molar-refractivity contribution in [1.29, 1.82) is 0 Å². The largest absolute Gasteiger partial charge is 0.380 e. The summed E-state index contributed by atoms with van der Waals surface area (Å²) in [6.45, 7) is 1.15. The van der Waals surface area contributed by atoms with Crippen LogP contribution in [0.2, 0.25) is 0 Å². The van der Waals surface area contributed by atoms with Crippen molar-refractivity contribution < 1.29 is 9.53 Å². The van der Waals surface area contributed by atoms with Crippen LogP contribution in [-0.4, -0.2) is 38.6 Å². The molecule has 118 valence electrons. The maximum atomic E-state index is 12.3. The minimum absolute atomic E-state index is 0.0487. The molecule has 0 saturated carbocycles. The van der Waals surface area contributed by atoms with Crippen LogP contribution in [0.15, 0.2) is 41.8 Å². The Balaban J connectivity index is 1.96. The molecule has 1 amide bonds. The molecule has 0 aliphatic heterocycles. The number of hydrogen-bond donors (Lipinski definition) is 1. The average molecular weight is 318 g/mol. The zero-order valence-corrected chi connectivity index (χ0v) is 14.0. The third-order valence-corrected chi connectivity index (χ3v) is 4.45. The number of methoxy groups -OCH3 is 1. The van der Waals surface area contributed by atoms with Crippen LogP contribution in [0.3, 0.4) is 0 Å². The van der Waals surface area contributed by atoms with Gasteiger partial charge in [-0.3, -0.25) is 4.79 Å². The molecule has 1 aromatic heterocycles. The van der Waals surface area contributed by atoms with Gasteiger partial charge in [0.1, 0.15) is 0 Å². The fourth-order valence-electron chi connectivity index (χ4n) is 2.23. The third kappa shape index (κ3) is 4.40. The number of benzene rings is 1. The molecule has 1 atom stereocenters. The van der Waals surface area contributed by atoms with Gasteiger partial charge in [0.25, 0.3) is 5.91 Å². The summed E-state index contributed by atoms with van der Waals surface area (Å²) in [6.07, 6.45) is 0. The molecule has 5 heteroatoms. The number of thiophene rings is 1. The molecular formula is C17H22N2O2S. The van der Waals surface area contributed by atoms with Crippen molar-refractivity contribution in [2.24, 2.45) is 0 Å². The highest BCUT2D eigenvalue weighted by atomic mass is 32.1. The van der Waals surface area contributed by atoms with E-state index in [9.17, 15) is 4.79 Å². The number of nitrogens with one attached hydrogen (secondary N) is 1. The van der Waals surface area contributed by atoms with Gasteiger partial charge in [0, 0.05) is 24.1 Å². The van der Waals surface area contributed by atoms with Gasteiger partial charge in [0.05, 0.1) is 12.6 Å². The van der Waals surface area contributed by atoms with E-state index in [1.54, 1.807) is 18.4 Å². The lowest BCUT2D eigenvalue weighted by molar-refractivity contribution is 0.0942. The molecule has 1 unspecified atom stereocenters. The SMILES string of the molecule is COCc1ccc(C(=O)NCC(c2cccs2)N(C)C)cc1. The number of carbonyl (C=O) groups excluding carboxylic acids is 1. The van der Waals surface area contributed by atoms with Crippen LogP contribution in [0.1, 0.15) is 26.8 Å². The molecule has 1 heterocycles. The molecule has 0 aliphatic carbocycles. The highest BCUT2D eigenvalue weighted by Crippen LogP contribution is 2.22. The Morgan fingerprint density at radius 1 is 1.27 bits per heavy atom. The number of ether oxygens (including phenoxy) is 1. The summed E-state index contributed by atoms with van der Waals surface area (Å²) >= 11 is 1.71. The highest BCUT2D eigenvalue weighted by molar-refractivity contribution is 7.10. The molecule has 0 fully saturated rings. The van der Waals surface area contributed by atoms with E-state index < -0.39 is 0 Å². The Labute approximate surface area is 135 Å². The topological polar surface area (TPSA) is 41.6 Å². The van der Waals surface area contributed by atoms with E-state index in [0.717, 1.165) is 5.56 Å². The van der Waals surface area contributed by atoms with Crippen molar-refractivity contribution in [2.75, 3.05) is 27.7 Å². The van der Waals surface area contributed by atoms with Crippen molar-refractivity contribution in [3.05, 3.63) is 57.8 Å². The lowest BCUT2D eigenvalue weighted by atomic mass is 10.1. The minimum atomic E-state index is -0.0487. The predicted molar refractivity (Wildman–Crippen MR) is 90.2 cm³/mol. The van der Waals surface area contributed by atoms with Crippen molar-refractivity contribution >= 4 is 17.2 Å². The summed E-state index contributed by atoms with van der Waals surface area (Å²) < 4.78 is 5.07. The molecule has 0 aliphatic rings.